The van der Waals surface area contributed by atoms with E-state index in [1.165, 1.54) is 0 Å². The van der Waals surface area contributed by atoms with Gasteiger partial charge in [0.15, 0.2) is 0 Å². The third kappa shape index (κ3) is 5.04. The number of para-hydroxylation sites is 4. The van der Waals surface area contributed by atoms with Gasteiger partial charge in [0, 0.05) is 43.6 Å². The van der Waals surface area contributed by atoms with E-state index in [9.17, 15) is 2.74 Å². The molecule has 54 heavy (non-hydrogen) atoms. The van der Waals surface area contributed by atoms with Gasteiger partial charge in [0.05, 0.1) is 34.8 Å². The molecule has 0 amide bonds. The molecule has 0 unspecified atom stereocenters. The van der Waals surface area contributed by atoms with Gasteiger partial charge in [-0.15, -0.1) is 29.7 Å². The van der Waals surface area contributed by atoms with E-state index in [4.69, 9.17) is 19.3 Å². The van der Waals surface area contributed by atoms with Crippen LogP contribution in [0.5, 0.6) is 11.5 Å². The standard InChI is InChI=1S/C48H28N4O.Pt/c1-2-13-32(14-3-1)36-20-11-21-41-37-17-4-5-18-38(37)42-22-12-26-47(49-42)52-43-23-7-6-19-39(43)40-28-27-35(30-46(40)52)53-34-16-10-15-33(29-34)50-31-51(48(36)41)45-25-9-8-24-44(45)50;/h1-28H;/q-2;/i1D,2D,3D,4D,5D,13D,14D,17D,18D;. The molecule has 1 aliphatic rings. The number of benzene rings is 7. The number of hydrogen-bond donors (Lipinski definition) is 0. The summed E-state index contributed by atoms with van der Waals surface area (Å²) < 4.78 is 92.8. The van der Waals surface area contributed by atoms with Gasteiger partial charge in [0.25, 0.3) is 6.33 Å². The minimum absolute atomic E-state index is 0. The summed E-state index contributed by atoms with van der Waals surface area (Å²) in [5, 5.41) is 1.83. The Hall–Kier alpha value is -6.55. The zero-order valence-electron chi connectivity index (χ0n) is 37.0. The molecule has 258 valence electrons. The average molecular weight is 881 g/mol. The SMILES string of the molecule is [2H]c1c([2H])c([2H])c(-c2cccc3c2-[n+]2[c-]n(c4ccccc42)-c2[c-]c(ccc2)Oc2[c-]c4c(cc2)c2ccccc2n4-c2cccc(n2)-c2c([2H])c([2H])c([2H])c([2H])c2-3)c([2H])c1[2H].[Pt]. The first-order valence-corrected chi connectivity index (χ1v) is 16.9. The summed E-state index contributed by atoms with van der Waals surface area (Å²) in [7, 11) is 0. The molecule has 0 aliphatic carbocycles. The molecule has 6 heteroatoms. The van der Waals surface area contributed by atoms with Gasteiger partial charge in [-0.05, 0) is 51.5 Å². The molecule has 0 saturated carbocycles. The minimum Gasteiger partial charge on any atom is -0.510 e. The third-order valence-corrected chi connectivity index (χ3v) is 9.54. The van der Waals surface area contributed by atoms with E-state index < -0.39 is 42.3 Å². The third-order valence-electron chi connectivity index (χ3n) is 9.54. The van der Waals surface area contributed by atoms with Crippen LogP contribution in [-0.4, -0.2) is 14.1 Å². The quantitative estimate of drug-likeness (QED) is 0.122. The zero-order valence-corrected chi connectivity index (χ0v) is 30.3. The molecule has 0 N–H and O–H groups in total. The maximum Gasteiger partial charge on any atom is 0.268 e. The molecule has 1 aliphatic heterocycles. The zero-order chi connectivity index (χ0) is 42.7. The van der Waals surface area contributed by atoms with E-state index >= 15 is 0 Å². The summed E-state index contributed by atoms with van der Waals surface area (Å²) in [6, 6.07) is 37.6. The fourth-order valence-electron chi connectivity index (χ4n) is 7.29. The van der Waals surface area contributed by atoms with Crippen molar-refractivity contribution in [1.29, 1.82) is 0 Å². The van der Waals surface area contributed by atoms with Crippen molar-refractivity contribution in [1.82, 2.24) is 14.1 Å². The summed E-state index contributed by atoms with van der Waals surface area (Å²) >= 11 is 0. The second kappa shape index (κ2) is 12.8. The van der Waals surface area contributed by atoms with Crippen molar-refractivity contribution in [2.24, 2.45) is 0 Å². The molecule has 0 fully saturated rings. The van der Waals surface area contributed by atoms with Crippen LogP contribution in [0.25, 0.3) is 83.5 Å². The Kier molecular flexibility index (Phi) is 5.68. The van der Waals surface area contributed by atoms with Crippen LogP contribution in [0.3, 0.4) is 0 Å². The Balaban J connectivity index is 0.00000471. The van der Waals surface area contributed by atoms with E-state index in [0.717, 1.165) is 16.3 Å². The average Bonchev–Trinajstić information content (AvgIpc) is 3.84. The van der Waals surface area contributed by atoms with Gasteiger partial charge in [-0.1, -0.05) is 127 Å². The Morgan fingerprint density at radius 3 is 2.24 bits per heavy atom. The first-order valence-electron chi connectivity index (χ1n) is 21.4. The normalized spacial score (nSPS) is 14.0. The maximum atomic E-state index is 9.59. The van der Waals surface area contributed by atoms with Gasteiger partial charge in [0.2, 0.25) is 0 Å². The largest absolute Gasteiger partial charge is 0.510 e. The number of fused-ring (bicyclic) bond motifs is 20. The first-order chi connectivity index (χ1) is 30.0. The molecule has 5 nitrogen and oxygen atoms in total. The molecule has 11 rings (SSSR count). The van der Waals surface area contributed by atoms with Gasteiger partial charge in [-0.3, -0.25) is 4.57 Å². The summed E-state index contributed by atoms with van der Waals surface area (Å²) in [5.74, 6) is 1.26. The van der Waals surface area contributed by atoms with Gasteiger partial charge in [-0.2, -0.15) is 18.2 Å². The van der Waals surface area contributed by atoms with E-state index in [-0.39, 0.29) is 72.3 Å². The smallest absolute Gasteiger partial charge is 0.268 e. The molecule has 0 atom stereocenters. The van der Waals surface area contributed by atoms with Crippen LogP contribution in [0, 0.1) is 18.5 Å². The molecular formula is C48H28N4OPt-2. The van der Waals surface area contributed by atoms with E-state index in [1.54, 1.807) is 45.5 Å². The van der Waals surface area contributed by atoms with Crippen molar-refractivity contribution in [2.75, 3.05) is 0 Å². The van der Waals surface area contributed by atoms with Crippen LogP contribution >= 0.6 is 0 Å². The second-order valence-electron chi connectivity index (χ2n) is 12.5. The Morgan fingerprint density at radius 2 is 1.33 bits per heavy atom. The predicted molar refractivity (Wildman–Crippen MR) is 210 cm³/mol. The van der Waals surface area contributed by atoms with Crippen LogP contribution in [0.15, 0.2) is 170 Å². The van der Waals surface area contributed by atoms with E-state index in [2.05, 4.69) is 18.5 Å². The van der Waals surface area contributed by atoms with Crippen molar-refractivity contribution < 1.29 is 42.7 Å². The molecule has 4 heterocycles. The van der Waals surface area contributed by atoms with E-state index in [0.29, 0.717) is 39.6 Å². The van der Waals surface area contributed by atoms with Crippen molar-refractivity contribution >= 4 is 32.8 Å². The molecule has 3 aromatic heterocycles. The van der Waals surface area contributed by atoms with Crippen LogP contribution in [-0.2, 0) is 21.1 Å². The molecule has 10 aromatic rings. The fourth-order valence-corrected chi connectivity index (χ4v) is 7.29. The molecule has 7 aromatic carbocycles. The predicted octanol–water partition coefficient (Wildman–Crippen LogP) is 10.9. The number of hydrogen-bond acceptors (Lipinski definition) is 2. The van der Waals surface area contributed by atoms with Gasteiger partial charge >= 0.3 is 0 Å². The molecule has 0 spiro atoms. The van der Waals surface area contributed by atoms with Crippen molar-refractivity contribution in [2.45, 2.75) is 0 Å². The molecule has 0 saturated heterocycles. The van der Waals surface area contributed by atoms with Gasteiger partial charge in [-0.25, -0.2) is 4.98 Å². The molecular weight excluding hydrogens is 844 g/mol. The second-order valence-corrected chi connectivity index (χ2v) is 12.5. The van der Waals surface area contributed by atoms with Crippen LogP contribution in [0.1, 0.15) is 12.3 Å². The number of pyridine rings is 1. The Morgan fingerprint density at radius 1 is 0.593 bits per heavy atom. The number of ether oxygens (including phenoxy) is 1. The van der Waals surface area contributed by atoms with E-state index in [1.807, 2.05) is 83.4 Å². The van der Waals surface area contributed by atoms with Crippen LogP contribution < -0.4 is 9.30 Å². The summed E-state index contributed by atoms with van der Waals surface area (Å²) in [6.45, 7) is 0. The van der Waals surface area contributed by atoms with Crippen LogP contribution in [0.2, 0.25) is 0 Å². The topological polar surface area (TPSA) is 35.9 Å². The minimum atomic E-state index is -0.551. The number of aromatic nitrogens is 4. The van der Waals surface area contributed by atoms with Crippen molar-refractivity contribution in [3.63, 3.8) is 0 Å². The number of nitrogens with zero attached hydrogens (tertiary/aromatic N) is 4. The maximum absolute atomic E-state index is 9.59. The fraction of sp³-hybridized carbons (Fsp3) is 0. The first kappa shape index (κ1) is 23.9. The summed E-state index contributed by atoms with van der Waals surface area (Å²) in [5.41, 5.74) is 4.31. The number of rotatable bonds is 1. The molecule has 8 bridgehead atoms. The Labute approximate surface area is 338 Å². The Bertz CT molecular complexity index is 3560. The van der Waals surface area contributed by atoms with Crippen molar-refractivity contribution in [3.8, 4) is 62.2 Å². The summed E-state index contributed by atoms with van der Waals surface area (Å²) in [4.78, 5) is 5.15. The van der Waals surface area contributed by atoms with Gasteiger partial charge < -0.3 is 13.9 Å². The van der Waals surface area contributed by atoms with Crippen molar-refractivity contribution in [3.05, 3.63) is 188 Å². The number of imidazole rings is 1. The monoisotopic (exact) mass is 880 g/mol. The molecule has 0 radical (unpaired) electrons. The summed E-state index contributed by atoms with van der Waals surface area (Å²) in [6.07, 6.45) is 3.45. The van der Waals surface area contributed by atoms with Crippen LogP contribution in [0.4, 0.5) is 0 Å². The van der Waals surface area contributed by atoms with Gasteiger partial charge in [0.1, 0.15) is 5.82 Å².